The number of guanidine groups is 1. The van der Waals surface area contributed by atoms with Gasteiger partial charge in [0.1, 0.15) is 0 Å². The first-order chi connectivity index (χ1) is 14.2. The van der Waals surface area contributed by atoms with Crippen LogP contribution in [0.25, 0.3) is 6.08 Å². The van der Waals surface area contributed by atoms with Crippen LogP contribution in [-0.4, -0.2) is 61.4 Å². The number of carbonyl (C=O) groups excluding carboxylic acids is 1. The molecule has 1 heterocycles. The fourth-order valence-corrected chi connectivity index (χ4v) is 3.34. The van der Waals surface area contributed by atoms with Gasteiger partial charge in [0.25, 0.3) is 0 Å². The summed E-state index contributed by atoms with van der Waals surface area (Å²) in [6, 6.07) is 17.7. The van der Waals surface area contributed by atoms with Crippen LogP contribution in [0.4, 0.5) is 0 Å². The van der Waals surface area contributed by atoms with Crippen molar-refractivity contribution < 1.29 is 4.79 Å². The van der Waals surface area contributed by atoms with Crippen LogP contribution in [-0.2, 0) is 6.54 Å². The van der Waals surface area contributed by atoms with Crippen molar-refractivity contribution in [2.45, 2.75) is 6.54 Å². The van der Waals surface area contributed by atoms with Gasteiger partial charge in [0.05, 0.1) is 0 Å². The number of rotatable bonds is 6. The fourth-order valence-electron chi connectivity index (χ4n) is 3.34. The summed E-state index contributed by atoms with van der Waals surface area (Å²) in [6.07, 6.45) is 4.41. The summed E-state index contributed by atoms with van der Waals surface area (Å²) in [5, 5.41) is 3.41. The fraction of sp³-hybridized carbons (Fsp3) is 0.304. The van der Waals surface area contributed by atoms with E-state index in [9.17, 15) is 4.79 Å². The summed E-state index contributed by atoms with van der Waals surface area (Å²) in [6.45, 7) is 5.52. The Morgan fingerprint density at radius 2 is 1.73 bits per heavy atom. The normalized spacial score (nSPS) is 15.1. The lowest BCUT2D eigenvalue weighted by Gasteiger charge is -2.36. The quantitative estimate of drug-likeness (QED) is 0.350. The van der Waals surface area contributed by atoms with Crippen molar-refractivity contribution in [3.05, 3.63) is 77.4 Å². The molecule has 7 heteroatoms. The Morgan fingerprint density at radius 3 is 2.33 bits per heavy atom. The lowest BCUT2D eigenvalue weighted by atomic mass is 10.1. The number of hydrogen-bond acceptors (Lipinski definition) is 3. The molecule has 0 atom stereocenters. The Kier molecular flexibility index (Phi) is 9.82. The molecule has 0 aliphatic carbocycles. The molecule has 1 fully saturated rings. The second kappa shape index (κ2) is 12.3. The molecular weight excluding hydrogens is 489 g/mol. The number of amides is 1. The highest BCUT2D eigenvalue weighted by Gasteiger charge is 2.18. The Bertz CT molecular complexity index is 844. The molecule has 2 aromatic rings. The van der Waals surface area contributed by atoms with Crippen LogP contribution in [0.3, 0.4) is 0 Å². The van der Waals surface area contributed by atoms with Crippen molar-refractivity contribution in [1.29, 1.82) is 0 Å². The molecule has 3 N–H and O–H groups in total. The molecule has 0 aromatic heterocycles. The van der Waals surface area contributed by atoms with Gasteiger partial charge in [-0.15, -0.1) is 24.0 Å². The molecule has 30 heavy (non-hydrogen) atoms. The maximum absolute atomic E-state index is 11.2. The van der Waals surface area contributed by atoms with Gasteiger partial charge in [-0.3, -0.25) is 14.7 Å². The molecule has 1 aliphatic rings. The van der Waals surface area contributed by atoms with Crippen LogP contribution in [0.2, 0.25) is 0 Å². The molecule has 160 valence electrons. The molecule has 0 unspecified atom stereocenters. The average Bonchev–Trinajstić information content (AvgIpc) is 2.76. The Hall–Kier alpha value is -2.39. The van der Waals surface area contributed by atoms with Crippen LogP contribution in [0, 0.1) is 0 Å². The number of aliphatic imine (C=N–C) groups is 1. The minimum atomic E-state index is -0.406. The van der Waals surface area contributed by atoms with Gasteiger partial charge < -0.3 is 16.0 Å². The summed E-state index contributed by atoms with van der Waals surface area (Å²) in [7, 11) is 1.81. The molecule has 1 saturated heterocycles. The number of primary amides is 1. The first-order valence-corrected chi connectivity index (χ1v) is 9.94. The van der Waals surface area contributed by atoms with E-state index in [-0.39, 0.29) is 24.0 Å². The number of benzene rings is 2. The predicted molar refractivity (Wildman–Crippen MR) is 134 cm³/mol. The molecule has 6 nitrogen and oxygen atoms in total. The van der Waals surface area contributed by atoms with E-state index in [1.54, 1.807) is 12.1 Å². The Labute approximate surface area is 195 Å². The largest absolute Gasteiger partial charge is 0.366 e. The average molecular weight is 519 g/mol. The molecule has 0 radical (unpaired) electrons. The number of hydrogen-bond donors (Lipinski definition) is 2. The first kappa shape index (κ1) is 23.9. The second-order valence-corrected chi connectivity index (χ2v) is 7.06. The van der Waals surface area contributed by atoms with E-state index in [2.05, 4.69) is 56.5 Å². The smallest absolute Gasteiger partial charge is 0.248 e. The van der Waals surface area contributed by atoms with Crippen LogP contribution >= 0.6 is 24.0 Å². The van der Waals surface area contributed by atoms with Crippen molar-refractivity contribution in [1.82, 2.24) is 15.1 Å². The van der Waals surface area contributed by atoms with Crippen molar-refractivity contribution in [2.75, 3.05) is 39.8 Å². The highest BCUT2D eigenvalue weighted by molar-refractivity contribution is 14.0. The number of nitrogens with zero attached hydrogens (tertiary/aromatic N) is 3. The third kappa shape index (κ3) is 7.14. The minimum absolute atomic E-state index is 0. The summed E-state index contributed by atoms with van der Waals surface area (Å²) in [5.41, 5.74) is 8.13. The van der Waals surface area contributed by atoms with Crippen molar-refractivity contribution in [3.8, 4) is 0 Å². The molecule has 0 spiro atoms. The van der Waals surface area contributed by atoms with E-state index < -0.39 is 5.91 Å². The van der Waals surface area contributed by atoms with Gasteiger partial charge in [-0.05, 0) is 23.3 Å². The van der Waals surface area contributed by atoms with E-state index in [4.69, 9.17) is 5.73 Å². The third-order valence-corrected chi connectivity index (χ3v) is 5.05. The first-order valence-electron chi connectivity index (χ1n) is 9.94. The lowest BCUT2D eigenvalue weighted by molar-refractivity contribution is 0.100. The standard InChI is InChI=1S/C23H29N5O.HI/c1-25-23(26-18-20-9-11-21(12-10-20)22(24)29)28-16-14-27(15-17-28)13-5-8-19-6-3-2-4-7-19;/h2-12H,13-18H2,1H3,(H2,24,29)(H,25,26);1H/b8-5+;. The van der Waals surface area contributed by atoms with Gasteiger partial charge in [-0.25, -0.2) is 0 Å². The zero-order chi connectivity index (χ0) is 20.5. The maximum Gasteiger partial charge on any atom is 0.248 e. The molecule has 3 rings (SSSR count). The number of piperazine rings is 1. The molecule has 2 aromatic carbocycles. The van der Waals surface area contributed by atoms with Gasteiger partial charge in [0, 0.05) is 51.9 Å². The number of nitrogens with two attached hydrogens (primary N) is 1. The van der Waals surface area contributed by atoms with E-state index in [0.29, 0.717) is 12.1 Å². The SMILES string of the molecule is CN=C(NCc1ccc(C(N)=O)cc1)N1CCN(C/C=C/c2ccccc2)CC1.I. The van der Waals surface area contributed by atoms with Crippen molar-refractivity contribution in [2.24, 2.45) is 10.7 Å². The zero-order valence-corrected chi connectivity index (χ0v) is 19.7. The van der Waals surface area contributed by atoms with Gasteiger partial charge in [0.15, 0.2) is 5.96 Å². The predicted octanol–water partition coefficient (Wildman–Crippen LogP) is 2.81. The summed E-state index contributed by atoms with van der Waals surface area (Å²) in [5.74, 6) is 0.500. The van der Waals surface area contributed by atoms with Crippen LogP contribution < -0.4 is 11.1 Å². The monoisotopic (exact) mass is 519 g/mol. The number of carbonyl (C=O) groups is 1. The van der Waals surface area contributed by atoms with E-state index in [0.717, 1.165) is 44.2 Å². The second-order valence-electron chi connectivity index (χ2n) is 7.06. The van der Waals surface area contributed by atoms with Gasteiger partial charge in [-0.1, -0.05) is 54.6 Å². The number of halogens is 1. The zero-order valence-electron chi connectivity index (χ0n) is 17.3. The molecule has 1 aliphatic heterocycles. The van der Waals surface area contributed by atoms with Crippen LogP contribution in [0.5, 0.6) is 0 Å². The molecule has 0 saturated carbocycles. The van der Waals surface area contributed by atoms with E-state index >= 15 is 0 Å². The summed E-state index contributed by atoms with van der Waals surface area (Å²) in [4.78, 5) is 20.3. The van der Waals surface area contributed by atoms with Crippen LogP contribution in [0.15, 0.2) is 65.7 Å². The third-order valence-electron chi connectivity index (χ3n) is 5.05. The summed E-state index contributed by atoms with van der Waals surface area (Å²) >= 11 is 0. The Balaban J connectivity index is 0.00000320. The molecule has 1 amide bonds. The lowest BCUT2D eigenvalue weighted by Crippen LogP contribution is -2.52. The maximum atomic E-state index is 11.2. The van der Waals surface area contributed by atoms with Crippen LogP contribution in [0.1, 0.15) is 21.5 Å². The summed E-state index contributed by atoms with van der Waals surface area (Å²) < 4.78 is 0. The van der Waals surface area contributed by atoms with Gasteiger partial charge >= 0.3 is 0 Å². The van der Waals surface area contributed by atoms with Crippen molar-refractivity contribution >= 4 is 41.9 Å². The highest BCUT2D eigenvalue weighted by atomic mass is 127. The van der Waals surface area contributed by atoms with E-state index in [1.165, 1.54) is 5.56 Å². The molecule has 0 bridgehead atoms. The van der Waals surface area contributed by atoms with E-state index in [1.807, 2.05) is 25.2 Å². The highest BCUT2D eigenvalue weighted by Crippen LogP contribution is 2.07. The van der Waals surface area contributed by atoms with Gasteiger partial charge in [0.2, 0.25) is 5.91 Å². The topological polar surface area (TPSA) is 74.0 Å². The number of nitrogens with one attached hydrogen (secondary N) is 1. The van der Waals surface area contributed by atoms with Gasteiger partial charge in [-0.2, -0.15) is 0 Å². The Morgan fingerprint density at radius 1 is 1.07 bits per heavy atom. The minimum Gasteiger partial charge on any atom is -0.366 e. The molecular formula is C23H30IN5O. The van der Waals surface area contributed by atoms with Crippen molar-refractivity contribution in [3.63, 3.8) is 0 Å².